The van der Waals surface area contributed by atoms with Gasteiger partial charge in [0.1, 0.15) is 0 Å². The average Bonchev–Trinajstić information content (AvgIpc) is 3.29. The van der Waals surface area contributed by atoms with Gasteiger partial charge < -0.3 is 10.1 Å². The number of carbonyl (C=O) groups excluding carboxylic acids is 1. The highest BCUT2D eigenvalue weighted by molar-refractivity contribution is 5.81. The molecule has 4 heterocycles. The molecule has 1 N–H and O–H groups in total. The lowest BCUT2D eigenvalue weighted by atomic mass is 9.73. The number of ether oxygens (including phenoxy) is 1. The van der Waals surface area contributed by atoms with Crippen LogP contribution < -0.4 is 5.32 Å². The third-order valence-electron chi connectivity index (χ3n) is 7.21. The Kier molecular flexibility index (Phi) is 4.79. The standard InChI is InChI=1S/C22H33N3O2/c1-5-21(3,4)20(26)24-11-17-18-13-25(12-16-7-6-15(2)10-23-16)14-22(18)9-8-19(17)27-22/h6-7,10,17-19H,5,8-9,11-14H2,1-4H3,(H,24,26)/t17-,18+,19+,22+/m0/s1. The largest absolute Gasteiger partial charge is 0.370 e. The number of rotatable bonds is 6. The zero-order valence-electron chi connectivity index (χ0n) is 17.1. The van der Waals surface area contributed by atoms with E-state index < -0.39 is 0 Å². The van der Waals surface area contributed by atoms with E-state index in [1.54, 1.807) is 0 Å². The summed E-state index contributed by atoms with van der Waals surface area (Å²) in [6, 6.07) is 4.26. The molecule has 3 aliphatic rings. The lowest BCUT2D eigenvalue weighted by Gasteiger charge is -2.31. The maximum absolute atomic E-state index is 12.5. The van der Waals surface area contributed by atoms with E-state index in [9.17, 15) is 4.79 Å². The fourth-order valence-electron chi connectivity index (χ4n) is 5.11. The molecule has 2 bridgehead atoms. The molecule has 1 spiro atoms. The molecule has 27 heavy (non-hydrogen) atoms. The Bertz CT molecular complexity index is 702. The second-order valence-electron chi connectivity index (χ2n) is 9.47. The minimum atomic E-state index is -0.297. The van der Waals surface area contributed by atoms with Crippen molar-refractivity contribution in [2.45, 2.75) is 65.2 Å². The van der Waals surface area contributed by atoms with Gasteiger partial charge in [0.05, 0.1) is 17.4 Å². The Balaban J connectivity index is 1.40. The number of fused-ring (bicyclic) bond motifs is 1. The van der Waals surface area contributed by atoms with E-state index in [0.29, 0.717) is 17.9 Å². The van der Waals surface area contributed by atoms with Crippen LogP contribution >= 0.6 is 0 Å². The van der Waals surface area contributed by atoms with E-state index in [4.69, 9.17) is 4.74 Å². The van der Waals surface area contributed by atoms with E-state index in [-0.39, 0.29) is 16.9 Å². The van der Waals surface area contributed by atoms with Crippen LogP contribution in [0.15, 0.2) is 18.3 Å². The monoisotopic (exact) mass is 371 g/mol. The van der Waals surface area contributed by atoms with Crippen molar-refractivity contribution in [3.63, 3.8) is 0 Å². The first kappa shape index (κ1) is 18.9. The number of carbonyl (C=O) groups is 1. The molecule has 4 atom stereocenters. The Morgan fingerprint density at radius 1 is 1.44 bits per heavy atom. The van der Waals surface area contributed by atoms with Gasteiger partial charge in [-0.05, 0) is 37.8 Å². The van der Waals surface area contributed by atoms with Gasteiger partial charge in [-0.2, -0.15) is 0 Å². The van der Waals surface area contributed by atoms with Crippen molar-refractivity contribution in [3.8, 4) is 0 Å². The van der Waals surface area contributed by atoms with Crippen LogP contribution in [0.2, 0.25) is 0 Å². The van der Waals surface area contributed by atoms with Crippen molar-refractivity contribution < 1.29 is 9.53 Å². The number of amides is 1. The van der Waals surface area contributed by atoms with Gasteiger partial charge in [-0.1, -0.05) is 26.8 Å². The Morgan fingerprint density at radius 2 is 2.26 bits per heavy atom. The van der Waals surface area contributed by atoms with Crippen LogP contribution in [0, 0.1) is 24.2 Å². The molecule has 0 aromatic carbocycles. The summed E-state index contributed by atoms with van der Waals surface area (Å²) in [5, 5.41) is 3.23. The summed E-state index contributed by atoms with van der Waals surface area (Å²) in [6.07, 6.45) is 5.41. The Hall–Kier alpha value is -1.46. The molecule has 1 amide bonds. The van der Waals surface area contributed by atoms with E-state index in [2.05, 4.69) is 41.2 Å². The highest BCUT2D eigenvalue weighted by Crippen LogP contribution is 2.54. The average molecular weight is 372 g/mol. The fraction of sp³-hybridized carbons (Fsp3) is 0.727. The maximum Gasteiger partial charge on any atom is 0.225 e. The first-order chi connectivity index (χ1) is 12.8. The molecule has 1 aromatic rings. The molecule has 4 rings (SSSR count). The molecule has 0 saturated carbocycles. The van der Waals surface area contributed by atoms with Gasteiger partial charge in [0.15, 0.2) is 0 Å². The number of likely N-dealkylation sites (tertiary alicyclic amines) is 1. The van der Waals surface area contributed by atoms with Gasteiger partial charge in [0.2, 0.25) is 5.91 Å². The summed E-state index contributed by atoms with van der Waals surface area (Å²) in [5.41, 5.74) is 2.03. The summed E-state index contributed by atoms with van der Waals surface area (Å²) in [5.74, 6) is 1.12. The van der Waals surface area contributed by atoms with Crippen LogP contribution in [-0.4, -0.2) is 47.1 Å². The van der Waals surface area contributed by atoms with Crippen molar-refractivity contribution in [2.75, 3.05) is 19.6 Å². The molecule has 0 aliphatic carbocycles. The predicted octanol–water partition coefficient (Wildman–Crippen LogP) is 2.92. The van der Waals surface area contributed by atoms with Crippen LogP contribution in [-0.2, 0) is 16.1 Å². The Morgan fingerprint density at radius 3 is 2.96 bits per heavy atom. The first-order valence-corrected chi connectivity index (χ1v) is 10.4. The number of aromatic nitrogens is 1. The summed E-state index contributed by atoms with van der Waals surface area (Å²) in [7, 11) is 0. The van der Waals surface area contributed by atoms with Crippen molar-refractivity contribution in [1.29, 1.82) is 0 Å². The molecule has 3 fully saturated rings. The van der Waals surface area contributed by atoms with E-state index in [0.717, 1.165) is 51.1 Å². The highest BCUT2D eigenvalue weighted by Gasteiger charge is 2.62. The van der Waals surface area contributed by atoms with Crippen LogP contribution in [0.3, 0.4) is 0 Å². The molecule has 1 aromatic heterocycles. The number of aryl methyl sites for hydroxylation is 1. The zero-order chi connectivity index (χ0) is 19.2. The van der Waals surface area contributed by atoms with Gasteiger partial charge in [-0.3, -0.25) is 14.7 Å². The number of hydrogen-bond donors (Lipinski definition) is 1. The quantitative estimate of drug-likeness (QED) is 0.835. The zero-order valence-corrected chi connectivity index (χ0v) is 17.1. The summed E-state index contributed by atoms with van der Waals surface area (Å²) < 4.78 is 6.51. The predicted molar refractivity (Wildman–Crippen MR) is 105 cm³/mol. The molecule has 3 aliphatic heterocycles. The topological polar surface area (TPSA) is 54.5 Å². The molecule has 3 saturated heterocycles. The fourth-order valence-corrected chi connectivity index (χ4v) is 5.11. The molecular weight excluding hydrogens is 338 g/mol. The Labute approximate surface area is 162 Å². The molecule has 5 heteroatoms. The third-order valence-corrected chi connectivity index (χ3v) is 7.21. The molecule has 5 nitrogen and oxygen atoms in total. The van der Waals surface area contributed by atoms with Gasteiger partial charge in [0.25, 0.3) is 0 Å². The normalized spacial score (nSPS) is 32.7. The third kappa shape index (κ3) is 3.40. The molecular formula is C22H33N3O2. The summed E-state index contributed by atoms with van der Waals surface area (Å²) >= 11 is 0. The maximum atomic E-state index is 12.5. The lowest BCUT2D eigenvalue weighted by Crippen LogP contribution is -2.44. The smallest absolute Gasteiger partial charge is 0.225 e. The second kappa shape index (κ2) is 6.85. The van der Waals surface area contributed by atoms with Gasteiger partial charge in [-0.25, -0.2) is 0 Å². The van der Waals surface area contributed by atoms with Crippen LogP contribution in [0.4, 0.5) is 0 Å². The van der Waals surface area contributed by atoms with Crippen LogP contribution in [0.1, 0.15) is 51.3 Å². The van der Waals surface area contributed by atoms with Crippen molar-refractivity contribution >= 4 is 5.91 Å². The summed E-state index contributed by atoms with van der Waals surface area (Å²) in [4.78, 5) is 19.6. The number of hydrogen-bond acceptors (Lipinski definition) is 4. The van der Waals surface area contributed by atoms with Gasteiger partial charge >= 0.3 is 0 Å². The van der Waals surface area contributed by atoms with E-state index in [1.165, 1.54) is 5.56 Å². The number of nitrogens with zero attached hydrogens (tertiary/aromatic N) is 2. The van der Waals surface area contributed by atoms with Gasteiger partial charge in [0, 0.05) is 49.6 Å². The SMILES string of the molecule is CCC(C)(C)C(=O)NC[C@H]1[C@H]2CN(Cc3ccc(C)cn3)C[C@]23CC[C@H]1O3. The van der Waals surface area contributed by atoms with E-state index in [1.807, 2.05) is 20.0 Å². The molecule has 0 radical (unpaired) electrons. The first-order valence-electron chi connectivity index (χ1n) is 10.4. The van der Waals surface area contributed by atoms with Crippen molar-refractivity contribution in [2.24, 2.45) is 17.3 Å². The minimum absolute atomic E-state index is 0.00499. The summed E-state index contributed by atoms with van der Waals surface area (Å²) in [6.45, 7) is 11.9. The minimum Gasteiger partial charge on any atom is -0.370 e. The van der Waals surface area contributed by atoms with Crippen molar-refractivity contribution in [1.82, 2.24) is 15.2 Å². The van der Waals surface area contributed by atoms with Crippen LogP contribution in [0.5, 0.6) is 0 Å². The van der Waals surface area contributed by atoms with E-state index >= 15 is 0 Å². The number of nitrogens with one attached hydrogen (secondary N) is 1. The molecule has 0 unspecified atom stereocenters. The molecule has 148 valence electrons. The highest BCUT2D eigenvalue weighted by atomic mass is 16.5. The van der Waals surface area contributed by atoms with Crippen LogP contribution in [0.25, 0.3) is 0 Å². The van der Waals surface area contributed by atoms with Gasteiger partial charge in [-0.15, -0.1) is 0 Å². The second-order valence-corrected chi connectivity index (χ2v) is 9.47. The van der Waals surface area contributed by atoms with Crippen molar-refractivity contribution in [3.05, 3.63) is 29.6 Å². The number of pyridine rings is 1. The lowest BCUT2D eigenvalue weighted by molar-refractivity contribution is -0.129.